The number of para-hydroxylation sites is 3. The molecule has 12 N–H and O–H groups in total. The van der Waals surface area contributed by atoms with Crippen molar-refractivity contribution in [3.63, 3.8) is 0 Å². The Kier molecular flexibility index (Phi) is 29.6. The normalized spacial score (nSPS) is 12.6. The number of methoxy groups -OCH3 is 9. The highest BCUT2D eigenvalue weighted by atomic mass is 16.6. The molecule has 0 fully saturated rings. The lowest BCUT2D eigenvalue weighted by Crippen LogP contribution is -2.35. The van der Waals surface area contributed by atoms with E-state index in [-0.39, 0.29) is 92.4 Å². The number of aromatic amines is 3. The van der Waals surface area contributed by atoms with Crippen molar-refractivity contribution in [3.05, 3.63) is 141 Å². The zero-order valence-electron chi connectivity index (χ0n) is 66.5. The number of ether oxygens (including phenoxy) is 9. The number of hydrogen-bond acceptors (Lipinski definition) is 36. The number of nitrogens with zero attached hydrogens (tertiary/aromatic N) is 9. The van der Waals surface area contributed by atoms with Gasteiger partial charge in [-0.1, -0.05) is 75.4 Å². The molecule has 0 saturated carbocycles. The Morgan fingerprint density at radius 2 is 0.504 bits per heavy atom. The number of aromatic nitrogens is 12. The van der Waals surface area contributed by atoms with E-state index in [1.807, 2.05) is 93.6 Å². The molecular formula is C78H93N21O18. The summed E-state index contributed by atoms with van der Waals surface area (Å²) in [5.41, 5.74) is 9.17. The largest absolute Gasteiger partial charge is 0.469 e. The second-order valence-electron chi connectivity index (χ2n) is 26.3. The number of nitrogens with one attached hydrogen (secondary N) is 12. The minimum absolute atomic E-state index is 0.0692. The Labute approximate surface area is 670 Å². The minimum Gasteiger partial charge on any atom is -0.469 e. The number of benzene rings is 4. The monoisotopic (exact) mass is 1610 g/mol. The fraction of sp³-hybridized carbons (Fsp3) is 0.385. The third kappa shape index (κ3) is 21.6. The van der Waals surface area contributed by atoms with Crippen LogP contribution in [0.25, 0.3) is 32.7 Å². The Bertz CT molecular complexity index is 4700. The van der Waals surface area contributed by atoms with Crippen molar-refractivity contribution in [2.45, 2.75) is 134 Å². The van der Waals surface area contributed by atoms with Crippen LogP contribution in [0, 0.1) is 0 Å². The second-order valence-corrected chi connectivity index (χ2v) is 26.3. The zero-order chi connectivity index (χ0) is 83.8. The van der Waals surface area contributed by atoms with Crippen LogP contribution < -0.4 is 47.9 Å². The molecule has 6 aromatic heterocycles. The second kappa shape index (κ2) is 40.6. The van der Waals surface area contributed by atoms with Gasteiger partial charge in [-0.15, -0.1) is 0 Å². The van der Waals surface area contributed by atoms with E-state index in [0.717, 1.165) is 109 Å². The van der Waals surface area contributed by atoms with Crippen LogP contribution in [0.15, 0.2) is 91.4 Å². The number of fused-ring (bicyclic) bond motifs is 3. The summed E-state index contributed by atoms with van der Waals surface area (Å²) in [5, 5.41) is 30.8. The highest BCUT2D eigenvalue weighted by Crippen LogP contribution is 2.34. The fourth-order valence-corrected chi connectivity index (χ4v) is 13.5. The van der Waals surface area contributed by atoms with Gasteiger partial charge in [0.2, 0.25) is 53.5 Å². The van der Waals surface area contributed by atoms with Crippen molar-refractivity contribution in [1.29, 1.82) is 0 Å². The summed E-state index contributed by atoms with van der Waals surface area (Å²) in [6.07, 6.45) is 5.06. The van der Waals surface area contributed by atoms with Crippen molar-refractivity contribution in [2.24, 2.45) is 0 Å². The average Bonchev–Trinajstić information content (AvgIpc) is 1.63. The molecule has 6 atom stereocenters. The lowest BCUT2D eigenvalue weighted by atomic mass is 9.83. The van der Waals surface area contributed by atoms with E-state index < -0.39 is 109 Å². The summed E-state index contributed by atoms with van der Waals surface area (Å²) < 4.78 is 46.1. The zero-order valence-corrected chi connectivity index (χ0v) is 66.5. The average molecular weight is 1610 g/mol. The van der Waals surface area contributed by atoms with Crippen molar-refractivity contribution >= 4 is 140 Å². The lowest BCUT2D eigenvalue weighted by Gasteiger charge is -2.27. The van der Waals surface area contributed by atoms with Gasteiger partial charge in [0, 0.05) is 90.2 Å². The molecule has 618 valence electrons. The van der Waals surface area contributed by atoms with E-state index in [1.54, 1.807) is 18.6 Å². The molecule has 39 heteroatoms. The Hall–Kier alpha value is -14.0. The van der Waals surface area contributed by atoms with Gasteiger partial charge in [0.25, 0.3) is 0 Å². The number of carbonyl (C=O) groups is 9. The van der Waals surface area contributed by atoms with Gasteiger partial charge in [-0.2, -0.15) is 44.9 Å². The molecule has 117 heavy (non-hydrogen) atoms. The van der Waals surface area contributed by atoms with Gasteiger partial charge >= 0.3 is 53.7 Å². The van der Waals surface area contributed by atoms with Crippen LogP contribution in [0.5, 0.6) is 0 Å². The van der Waals surface area contributed by atoms with Gasteiger partial charge in [-0.25, -0.2) is 28.8 Å². The number of rotatable bonds is 42. The van der Waals surface area contributed by atoms with Gasteiger partial charge < -0.3 is 105 Å². The van der Waals surface area contributed by atoms with Gasteiger partial charge in [0.05, 0.1) is 83.3 Å². The Balaban J connectivity index is 1.12. The first-order valence-electron chi connectivity index (χ1n) is 37.2. The molecule has 0 aliphatic heterocycles. The summed E-state index contributed by atoms with van der Waals surface area (Å²) in [5.74, 6) is -8.51. The van der Waals surface area contributed by atoms with Crippen LogP contribution in [0.1, 0.15) is 90.1 Å². The maximum Gasteiger partial charge on any atom is 0.328 e. The molecule has 0 saturated heterocycles. The van der Waals surface area contributed by atoms with Crippen molar-refractivity contribution in [1.82, 2.24) is 59.8 Å². The molecule has 0 amide bonds. The summed E-state index contributed by atoms with van der Waals surface area (Å²) >= 11 is 0. The van der Waals surface area contributed by atoms with E-state index >= 15 is 0 Å². The summed E-state index contributed by atoms with van der Waals surface area (Å²) in [7, 11) is 10.6. The number of H-pyrrole nitrogens is 3. The molecule has 4 aromatic carbocycles. The van der Waals surface area contributed by atoms with Gasteiger partial charge in [0.15, 0.2) is 0 Å². The standard InChI is InChI=1S/C78H93N21O18/c1-13-43-49(37-82-70-91-73(97-76(94-70)88-58(67(106)115-10)31-61(100)109-4)85-55(64(103)112-7)28-40-34-79-52-25-19-16-22-46(40)52)44(14-2)51(39-84-72-93-75(99-78(96-72)90-60(69(108)117-12)33-63(102)111-6)87-57(66(105)114-9)30-42-36-81-54-27-21-18-24-48(42)54)45(15-3)50(43)38-83-71-92-74(98-77(95-71)89-59(68(107)116-11)32-62(101)110-5)86-56(65(104)113-8)29-41-35-80-53-26-20-17-23-47(41)53/h16-27,34-36,55-60,79-81H,13-15,28-33,37-39H2,1-12H3,(H3,82,85,88,91,94,97)(H3,83,86,89,92,95,98)(H3,84,87,90,93,96,99)/t55-,56-,57-,58-,59-,60-/m0/s1. The van der Waals surface area contributed by atoms with Gasteiger partial charge in [-0.3, -0.25) is 14.4 Å². The predicted molar refractivity (Wildman–Crippen MR) is 429 cm³/mol. The van der Waals surface area contributed by atoms with E-state index in [9.17, 15) is 43.2 Å². The maximum atomic E-state index is 13.9. The van der Waals surface area contributed by atoms with Crippen LogP contribution in [0.2, 0.25) is 0 Å². The minimum atomic E-state index is -1.40. The molecule has 10 aromatic rings. The van der Waals surface area contributed by atoms with E-state index in [0.29, 0.717) is 36.0 Å². The molecule has 39 nitrogen and oxygen atoms in total. The molecule has 0 aliphatic carbocycles. The van der Waals surface area contributed by atoms with Crippen LogP contribution >= 0.6 is 0 Å². The topological polar surface area (TPSA) is 508 Å². The molecular weight excluding hydrogens is 1520 g/mol. The quantitative estimate of drug-likeness (QED) is 0.0146. The van der Waals surface area contributed by atoms with Gasteiger partial charge in [-0.05, 0) is 87.5 Å². The highest BCUT2D eigenvalue weighted by molar-refractivity contribution is 5.90. The Morgan fingerprint density at radius 3 is 0.726 bits per heavy atom. The number of carbonyl (C=O) groups excluding carboxylic acids is 9. The molecule has 0 radical (unpaired) electrons. The van der Waals surface area contributed by atoms with Crippen LogP contribution in [-0.2, 0) is 144 Å². The lowest BCUT2D eigenvalue weighted by molar-refractivity contribution is -0.148. The summed E-state index contributed by atoms with van der Waals surface area (Å²) in [4.78, 5) is 173. The first-order valence-corrected chi connectivity index (χ1v) is 37.2. The SMILES string of the molecule is CCc1c(CNc2nc(N[C@@H](CC(=O)OC)C(=O)OC)nc(N[C@@H](Cc3c[nH]c4ccccc34)C(=O)OC)n2)c(CC)c(CNc2nc(N[C@@H](CC(=O)OC)C(=O)OC)nc(N[C@@H](Cc3c[nH]c4ccccc34)C(=O)OC)n2)c(CC)c1CNc1nc(N[C@@H](CC(=O)OC)C(=O)OC)nc(N[C@@H](Cc2c[nH]c3ccccc23)C(=O)OC)n1. The first kappa shape index (κ1) is 85.4. The fourth-order valence-electron chi connectivity index (χ4n) is 13.5. The highest BCUT2D eigenvalue weighted by Gasteiger charge is 2.33. The third-order valence-electron chi connectivity index (χ3n) is 19.2. The van der Waals surface area contributed by atoms with Crippen molar-refractivity contribution in [3.8, 4) is 0 Å². The van der Waals surface area contributed by atoms with Crippen LogP contribution in [0.4, 0.5) is 53.5 Å². The molecule has 6 heterocycles. The molecule has 10 rings (SSSR count). The number of esters is 9. The van der Waals surface area contributed by atoms with Crippen molar-refractivity contribution in [2.75, 3.05) is 112 Å². The van der Waals surface area contributed by atoms with E-state index in [1.165, 1.54) is 21.3 Å². The summed E-state index contributed by atoms with van der Waals surface area (Å²) in [6, 6.07) is 15.0. The first-order chi connectivity index (χ1) is 56.6. The number of hydrogen-bond donors (Lipinski definition) is 12. The molecule has 0 unspecified atom stereocenters. The summed E-state index contributed by atoms with van der Waals surface area (Å²) in [6.45, 7) is 5.66. The van der Waals surface area contributed by atoms with E-state index in [4.69, 9.17) is 72.5 Å². The van der Waals surface area contributed by atoms with Gasteiger partial charge in [0.1, 0.15) is 36.3 Å². The molecule has 0 bridgehead atoms. The van der Waals surface area contributed by atoms with Crippen LogP contribution in [-0.4, -0.2) is 214 Å². The molecule has 0 aliphatic rings. The van der Waals surface area contributed by atoms with Crippen LogP contribution in [0.3, 0.4) is 0 Å². The Morgan fingerprint density at radius 1 is 0.291 bits per heavy atom. The third-order valence-corrected chi connectivity index (χ3v) is 19.2. The van der Waals surface area contributed by atoms with E-state index in [2.05, 4.69) is 77.8 Å². The maximum absolute atomic E-state index is 13.9. The number of anilines is 9. The van der Waals surface area contributed by atoms with Crippen molar-refractivity contribution < 1.29 is 85.8 Å². The smallest absolute Gasteiger partial charge is 0.328 e. The predicted octanol–water partition coefficient (Wildman–Crippen LogP) is 6.35. The molecule has 0 spiro atoms.